The van der Waals surface area contributed by atoms with Crippen LogP contribution >= 0.6 is 0 Å². The van der Waals surface area contributed by atoms with Gasteiger partial charge < -0.3 is 9.47 Å². The van der Waals surface area contributed by atoms with Crippen LogP contribution in [0.3, 0.4) is 0 Å². The minimum Gasteiger partial charge on any atom is -0.466 e. The predicted molar refractivity (Wildman–Crippen MR) is 130 cm³/mol. The number of hydrogen-bond acceptors (Lipinski definition) is 4. The molecule has 0 aromatic rings. The van der Waals surface area contributed by atoms with Gasteiger partial charge in [-0.05, 0) is 32.1 Å². The van der Waals surface area contributed by atoms with Crippen molar-refractivity contribution in [1.82, 2.24) is 0 Å². The molecule has 0 N–H and O–H groups in total. The second kappa shape index (κ2) is 23.6. The predicted octanol–water partition coefficient (Wildman–Crippen LogP) is 8.30. The molecule has 0 heterocycles. The zero-order chi connectivity index (χ0) is 23.0. The fourth-order valence-electron chi connectivity index (χ4n) is 3.79. The Balaban J connectivity index is 3.45. The minimum atomic E-state index is -0.189. The van der Waals surface area contributed by atoms with Crippen molar-refractivity contribution in [2.75, 3.05) is 6.61 Å². The summed E-state index contributed by atoms with van der Waals surface area (Å²) in [6, 6.07) is 0. The number of unbranched alkanes of at least 4 members (excludes halogenated alkanes) is 13. The molecule has 0 aliphatic rings. The van der Waals surface area contributed by atoms with Gasteiger partial charge in [-0.15, -0.1) is 0 Å². The van der Waals surface area contributed by atoms with Crippen molar-refractivity contribution < 1.29 is 19.1 Å². The summed E-state index contributed by atoms with van der Waals surface area (Å²) in [5.41, 5.74) is 0. The molecule has 1 unspecified atom stereocenters. The van der Waals surface area contributed by atoms with Crippen LogP contribution in [0.15, 0.2) is 0 Å². The fraction of sp³-hybridized carbons (Fsp3) is 0.926. The summed E-state index contributed by atoms with van der Waals surface area (Å²) in [5.74, 6) is -0.372. The highest BCUT2D eigenvalue weighted by atomic mass is 16.5. The van der Waals surface area contributed by atoms with E-state index in [0.717, 1.165) is 32.1 Å². The van der Waals surface area contributed by atoms with Crippen LogP contribution in [0, 0.1) is 0 Å². The largest absolute Gasteiger partial charge is 0.466 e. The Morgan fingerprint density at radius 3 is 1.61 bits per heavy atom. The molecule has 0 aromatic heterocycles. The molecular formula is C27H52O4. The Bertz CT molecular complexity index is 408. The van der Waals surface area contributed by atoms with E-state index in [1.807, 2.05) is 0 Å². The van der Waals surface area contributed by atoms with Gasteiger partial charge in [0.2, 0.25) is 0 Å². The van der Waals surface area contributed by atoms with Crippen LogP contribution in [0.4, 0.5) is 0 Å². The lowest BCUT2D eigenvalue weighted by Gasteiger charge is -2.15. The molecule has 184 valence electrons. The number of esters is 2. The van der Waals surface area contributed by atoms with Crippen LogP contribution in [-0.2, 0) is 19.1 Å². The highest BCUT2D eigenvalue weighted by Gasteiger charge is 2.13. The standard InChI is InChI=1S/C27H52O4/c1-4-7-9-10-11-12-13-14-15-16-17-19-24-30-26(28)22-20-23-27(29)31-25(6-3)21-18-8-5-2/h25H,4-24H2,1-3H3. The first kappa shape index (κ1) is 29.9. The van der Waals surface area contributed by atoms with Crippen LogP contribution < -0.4 is 0 Å². The van der Waals surface area contributed by atoms with Crippen LogP contribution in [-0.4, -0.2) is 24.6 Å². The third-order valence-corrected chi connectivity index (χ3v) is 5.91. The molecule has 31 heavy (non-hydrogen) atoms. The van der Waals surface area contributed by atoms with Crippen LogP contribution in [0.2, 0.25) is 0 Å². The second-order valence-electron chi connectivity index (χ2n) is 8.98. The minimum absolute atomic E-state index is 0.0248. The van der Waals surface area contributed by atoms with Crippen LogP contribution in [0.1, 0.15) is 149 Å². The summed E-state index contributed by atoms with van der Waals surface area (Å²) in [5, 5.41) is 0. The molecule has 0 aliphatic heterocycles. The number of carbonyl (C=O) groups excluding carboxylic acids is 2. The van der Waals surface area contributed by atoms with Crippen molar-refractivity contribution in [1.29, 1.82) is 0 Å². The van der Waals surface area contributed by atoms with E-state index in [0.29, 0.717) is 25.9 Å². The highest BCUT2D eigenvalue weighted by Crippen LogP contribution is 2.13. The molecule has 4 heteroatoms. The monoisotopic (exact) mass is 440 g/mol. The van der Waals surface area contributed by atoms with Gasteiger partial charge >= 0.3 is 11.9 Å². The van der Waals surface area contributed by atoms with Gasteiger partial charge in [0.05, 0.1) is 6.61 Å². The fourth-order valence-corrected chi connectivity index (χ4v) is 3.79. The summed E-state index contributed by atoms with van der Waals surface area (Å²) >= 11 is 0. The molecule has 0 rings (SSSR count). The molecule has 0 amide bonds. The quantitative estimate of drug-likeness (QED) is 0.118. The SMILES string of the molecule is CCCCCCCCCCCCCCOC(=O)CCCC(=O)OC(CC)CCCCC. The molecule has 0 aromatic carbocycles. The van der Waals surface area contributed by atoms with E-state index in [1.54, 1.807) is 0 Å². The van der Waals surface area contributed by atoms with Gasteiger partial charge in [0, 0.05) is 12.8 Å². The molecule has 0 radical (unpaired) electrons. The summed E-state index contributed by atoms with van der Waals surface area (Å²) in [6.07, 6.45) is 22.0. The van der Waals surface area contributed by atoms with Gasteiger partial charge in [-0.2, -0.15) is 0 Å². The molecular weight excluding hydrogens is 388 g/mol. The summed E-state index contributed by atoms with van der Waals surface area (Å²) < 4.78 is 10.8. The van der Waals surface area contributed by atoms with Gasteiger partial charge in [-0.3, -0.25) is 9.59 Å². The first-order valence-corrected chi connectivity index (χ1v) is 13.5. The molecule has 4 nitrogen and oxygen atoms in total. The van der Waals surface area contributed by atoms with E-state index < -0.39 is 0 Å². The molecule has 0 saturated heterocycles. The molecule has 0 aliphatic carbocycles. The van der Waals surface area contributed by atoms with Crippen LogP contribution in [0.25, 0.3) is 0 Å². The second-order valence-corrected chi connectivity index (χ2v) is 8.98. The van der Waals surface area contributed by atoms with Crippen molar-refractivity contribution in [3.8, 4) is 0 Å². The van der Waals surface area contributed by atoms with E-state index in [9.17, 15) is 9.59 Å². The zero-order valence-corrected chi connectivity index (χ0v) is 21.1. The van der Waals surface area contributed by atoms with Crippen molar-refractivity contribution in [2.45, 2.75) is 155 Å². The first-order chi connectivity index (χ1) is 15.1. The van der Waals surface area contributed by atoms with Gasteiger partial charge in [-0.1, -0.05) is 104 Å². The summed E-state index contributed by atoms with van der Waals surface area (Å²) in [4.78, 5) is 23.7. The summed E-state index contributed by atoms with van der Waals surface area (Å²) in [7, 11) is 0. The Kier molecular flexibility index (Phi) is 22.8. The number of carbonyl (C=O) groups is 2. The first-order valence-electron chi connectivity index (χ1n) is 13.5. The zero-order valence-electron chi connectivity index (χ0n) is 21.1. The maximum absolute atomic E-state index is 11.9. The van der Waals surface area contributed by atoms with Gasteiger partial charge in [0.1, 0.15) is 6.10 Å². The lowest BCUT2D eigenvalue weighted by Crippen LogP contribution is -2.17. The molecule has 0 bridgehead atoms. The molecule has 1 atom stereocenters. The van der Waals surface area contributed by atoms with Crippen molar-refractivity contribution in [3.05, 3.63) is 0 Å². The maximum atomic E-state index is 11.9. The third-order valence-electron chi connectivity index (χ3n) is 5.91. The Morgan fingerprint density at radius 2 is 1.06 bits per heavy atom. The topological polar surface area (TPSA) is 52.6 Å². The lowest BCUT2D eigenvalue weighted by atomic mass is 10.1. The van der Waals surface area contributed by atoms with Crippen molar-refractivity contribution in [3.63, 3.8) is 0 Å². The average molecular weight is 441 g/mol. The van der Waals surface area contributed by atoms with Crippen molar-refractivity contribution in [2.24, 2.45) is 0 Å². The number of rotatable bonds is 23. The van der Waals surface area contributed by atoms with Crippen LogP contribution in [0.5, 0.6) is 0 Å². The van der Waals surface area contributed by atoms with E-state index in [1.165, 1.54) is 77.0 Å². The lowest BCUT2D eigenvalue weighted by molar-refractivity contribution is -0.150. The van der Waals surface area contributed by atoms with E-state index in [-0.39, 0.29) is 18.0 Å². The smallest absolute Gasteiger partial charge is 0.306 e. The van der Waals surface area contributed by atoms with Gasteiger partial charge in [-0.25, -0.2) is 0 Å². The normalized spacial score (nSPS) is 12.0. The number of hydrogen-bond donors (Lipinski definition) is 0. The summed E-state index contributed by atoms with van der Waals surface area (Å²) in [6.45, 7) is 6.99. The Morgan fingerprint density at radius 1 is 0.581 bits per heavy atom. The van der Waals surface area contributed by atoms with Gasteiger partial charge in [0.15, 0.2) is 0 Å². The maximum Gasteiger partial charge on any atom is 0.306 e. The van der Waals surface area contributed by atoms with E-state index in [4.69, 9.17) is 9.47 Å². The Labute approximate surface area is 193 Å². The van der Waals surface area contributed by atoms with E-state index in [2.05, 4.69) is 20.8 Å². The number of ether oxygens (including phenoxy) is 2. The molecule has 0 saturated carbocycles. The third kappa shape index (κ3) is 21.9. The van der Waals surface area contributed by atoms with E-state index >= 15 is 0 Å². The molecule has 0 fully saturated rings. The van der Waals surface area contributed by atoms with Crippen molar-refractivity contribution >= 4 is 11.9 Å². The van der Waals surface area contributed by atoms with Gasteiger partial charge in [0.25, 0.3) is 0 Å². The Hall–Kier alpha value is -1.06. The highest BCUT2D eigenvalue weighted by molar-refractivity contribution is 5.72. The molecule has 0 spiro atoms. The average Bonchev–Trinajstić information content (AvgIpc) is 2.76.